The number of rotatable bonds is 6. The predicted molar refractivity (Wildman–Crippen MR) is 86.0 cm³/mol. The molecule has 2 rings (SSSR count). The molecule has 132 valence electrons. The van der Waals surface area contributed by atoms with Crippen LogP contribution in [-0.4, -0.2) is 42.4 Å². The summed E-state index contributed by atoms with van der Waals surface area (Å²) in [6.07, 6.45) is 0.0439. The summed E-state index contributed by atoms with van der Waals surface area (Å²) in [5.74, 6) is -1.91. The zero-order chi connectivity index (χ0) is 17.7. The van der Waals surface area contributed by atoms with E-state index in [-0.39, 0.29) is 24.8 Å². The average Bonchev–Trinajstić information content (AvgIpc) is 2.52. The number of nitrogens with zero attached hydrogens (tertiary/aromatic N) is 1. The average molecular weight is 339 g/mol. The zero-order valence-electron chi connectivity index (χ0n) is 13.9. The highest BCUT2D eigenvalue weighted by Gasteiger charge is 2.31. The topological polar surface area (TPSA) is 61.4 Å². The van der Waals surface area contributed by atoms with Gasteiger partial charge in [-0.3, -0.25) is 14.5 Å². The molecular formula is C17H23F2N3O2. The molecule has 1 aromatic rings. The van der Waals surface area contributed by atoms with Gasteiger partial charge in [-0.2, -0.15) is 0 Å². The van der Waals surface area contributed by atoms with Crippen LogP contribution in [0, 0.1) is 17.6 Å². The summed E-state index contributed by atoms with van der Waals surface area (Å²) in [5, 5.41) is 5.54. The largest absolute Gasteiger partial charge is 0.356 e. The molecule has 7 heteroatoms. The van der Waals surface area contributed by atoms with Crippen molar-refractivity contribution < 1.29 is 18.4 Å². The van der Waals surface area contributed by atoms with Crippen molar-refractivity contribution in [1.82, 2.24) is 15.5 Å². The lowest BCUT2D eigenvalue weighted by Crippen LogP contribution is -2.56. The van der Waals surface area contributed by atoms with E-state index in [1.54, 1.807) is 0 Å². The summed E-state index contributed by atoms with van der Waals surface area (Å²) in [6.45, 7) is 5.83. The number of hydrogen-bond donors (Lipinski definition) is 2. The number of benzene rings is 1. The van der Waals surface area contributed by atoms with Gasteiger partial charge in [0.1, 0.15) is 0 Å². The fraction of sp³-hybridized carbons (Fsp3) is 0.529. The third kappa shape index (κ3) is 4.99. The lowest BCUT2D eigenvalue weighted by atomic mass is 10.1. The lowest BCUT2D eigenvalue weighted by Gasteiger charge is -2.34. The van der Waals surface area contributed by atoms with E-state index >= 15 is 0 Å². The van der Waals surface area contributed by atoms with Crippen LogP contribution in [0.15, 0.2) is 18.2 Å². The van der Waals surface area contributed by atoms with Crippen molar-refractivity contribution in [2.45, 2.75) is 32.9 Å². The fourth-order valence-corrected chi connectivity index (χ4v) is 2.61. The molecule has 1 aliphatic heterocycles. The van der Waals surface area contributed by atoms with Crippen LogP contribution in [0.4, 0.5) is 8.78 Å². The third-order valence-electron chi connectivity index (χ3n) is 3.90. The Bertz CT molecular complexity index is 607. The standard InChI is InChI=1S/C17H23F2N3O2/c1-11(2)9-21-16(23)8-15-17(24)20-5-6-22(15)10-12-3-4-13(18)14(19)7-12/h3-4,7,11,15H,5-6,8-10H2,1-2H3,(H,20,24)(H,21,23)/t15-/m0/s1. The van der Waals surface area contributed by atoms with Gasteiger partial charge in [-0.05, 0) is 23.6 Å². The van der Waals surface area contributed by atoms with Gasteiger partial charge in [0.2, 0.25) is 11.8 Å². The molecule has 0 radical (unpaired) electrons. The van der Waals surface area contributed by atoms with Gasteiger partial charge in [0.15, 0.2) is 11.6 Å². The predicted octanol–water partition coefficient (Wildman–Crippen LogP) is 1.43. The number of halogens is 2. The molecule has 0 unspecified atom stereocenters. The first-order valence-corrected chi connectivity index (χ1v) is 8.09. The van der Waals surface area contributed by atoms with E-state index in [4.69, 9.17) is 0 Å². The molecule has 0 bridgehead atoms. The summed E-state index contributed by atoms with van der Waals surface area (Å²) >= 11 is 0. The van der Waals surface area contributed by atoms with E-state index in [1.807, 2.05) is 18.7 Å². The second kappa shape index (κ2) is 8.19. The van der Waals surface area contributed by atoms with E-state index in [9.17, 15) is 18.4 Å². The van der Waals surface area contributed by atoms with Gasteiger partial charge in [0.05, 0.1) is 12.5 Å². The zero-order valence-corrected chi connectivity index (χ0v) is 13.9. The number of hydrogen-bond acceptors (Lipinski definition) is 3. The van der Waals surface area contributed by atoms with Crippen molar-refractivity contribution in [1.29, 1.82) is 0 Å². The highest BCUT2D eigenvalue weighted by Crippen LogP contribution is 2.16. The van der Waals surface area contributed by atoms with Gasteiger partial charge in [0, 0.05) is 26.2 Å². The van der Waals surface area contributed by atoms with E-state index in [0.29, 0.717) is 31.1 Å². The second-order valence-electron chi connectivity index (χ2n) is 6.43. The van der Waals surface area contributed by atoms with Gasteiger partial charge < -0.3 is 10.6 Å². The lowest BCUT2D eigenvalue weighted by molar-refractivity contribution is -0.134. The Balaban J connectivity index is 2.03. The molecule has 1 aliphatic rings. The summed E-state index contributed by atoms with van der Waals surface area (Å²) in [4.78, 5) is 26.0. The van der Waals surface area contributed by atoms with E-state index in [0.717, 1.165) is 12.1 Å². The molecule has 0 saturated carbocycles. The molecule has 5 nitrogen and oxygen atoms in total. The van der Waals surface area contributed by atoms with Crippen LogP contribution in [0.25, 0.3) is 0 Å². The maximum absolute atomic E-state index is 13.4. The second-order valence-corrected chi connectivity index (χ2v) is 6.43. The smallest absolute Gasteiger partial charge is 0.237 e. The van der Waals surface area contributed by atoms with Crippen LogP contribution in [0.2, 0.25) is 0 Å². The minimum atomic E-state index is -0.916. The van der Waals surface area contributed by atoms with Crippen LogP contribution in [0.5, 0.6) is 0 Å². The summed E-state index contributed by atoms with van der Waals surface area (Å²) in [5.41, 5.74) is 0.566. The maximum atomic E-state index is 13.4. The van der Waals surface area contributed by atoms with Crippen molar-refractivity contribution in [3.63, 3.8) is 0 Å². The highest BCUT2D eigenvalue weighted by atomic mass is 19.2. The van der Waals surface area contributed by atoms with Crippen LogP contribution < -0.4 is 10.6 Å². The SMILES string of the molecule is CC(C)CNC(=O)C[C@H]1C(=O)NCCN1Cc1ccc(F)c(F)c1. The van der Waals surface area contributed by atoms with Crippen LogP contribution >= 0.6 is 0 Å². The minimum Gasteiger partial charge on any atom is -0.356 e. The van der Waals surface area contributed by atoms with Crippen molar-refractivity contribution in [2.24, 2.45) is 5.92 Å². The number of amides is 2. The van der Waals surface area contributed by atoms with Crippen molar-refractivity contribution in [2.75, 3.05) is 19.6 Å². The van der Waals surface area contributed by atoms with Crippen molar-refractivity contribution in [3.05, 3.63) is 35.4 Å². The van der Waals surface area contributed by atoms with Gasteiger partial charge in [-0.15, -0.1) is 0 Å². The maximum Gasteiger partial charge on any atom is 0.237 e. The molecule has 1 fully saturated rings. The quantitative estimate of drug-likeness (QED) is 0.824. The molecule has 1 heterocycles. The van der Waals surface area contributed by atoms with Gasteiger partial charge in [0.25, 0.3) is 0 Å². The Labute approximate surface area is 140 Å². The summed E-state index contributed by atoms with van der Waals surface area (Å²) < 4.78 is 26.4. The normalized spacial score (nSPS) is 18.5. The fourth-order valence-electron chi connectivity index (χ4n) is 2.61. The van der Waals surface area contributed by atoms with E-state index in [1.165, 1.54) is 6.07 Å². The molecule has 0 aromatic heterocycles. The number of carbonyl (C=O) groups is 2. The summed E-state index contributed by atoms with van der Waals surface area (Å²) in [6, 6.07) is 3.07. The number of nitrogens with one attached hydrogen (secondary N) is 2. The van der Waals surface area contributed by atoms with Crippen LogP contribution in [0.3, 0.4) is 0 Å². The Kier molecular flexibility index (Phi) is 6.25. The Hall–Kier alpha value is -2.02. The van der Waals surface area contributed by atoms with Gasteiger partial charge in [-0.25, -0.2) is 8.78 Å². The molecule has 1 aromatic carbocycles. The van der Waals surface area contributed by atoms with Crippen molar-refractivity contribution >= 4 is 11.8 Å². The molecule has 1 atom stereocenters. The molecule has 0 spiro atoms. The first kappa shape index (κ1) is 18.3. The number of carbonyl (C=O) groups excluding carboxylic acids is 2. The summed E-state index contributed by atoms with van der Waals surface area (Å²) in [7, 11) is 0. The number of piperazine rings is 1. The molecule has 1 saturated heterocycles. The third-order valence-corrected chi connectivity index (χ3v) is 3.90. The van der Waals surface area contributed by atoms with Crippen LogP contribution in [0.1, 0.15) is 25.8 Å². The van der Waals surface area contributed by atoms with Crippen molar-refractivity contribution in [3.8, 4) is 0 Å². The Morgan fingerprint density at radius 3 is 2.79 bits per heavy atom. The minimum absolute atomic E-state index is 0.0439. The van der Waals surface area contributed by atoms with Gasteiger partial charge >= 0.3 is 0 Å². The molecule has 0 aliphatic carbocycles. The molecule has 2 amide bonds. The van der Waals surface area contributed by atoms with Gasteiger partial charge in [-0.1, -0.05) is 19.9 Å². The Morgan fingerprint density at radius 2 is 2.12 bits per heavy atom. The molecule has 24 heavy (non-hydrogen) atoms. The molecular weight excluding hydrogens is 316 g/mol. The first-order chi connectivity index (χ1) is 11.4. The van der Waals surface area contributed by atoms with E-state index in [2.05, 4.69) is 10.6 Å². The first-order valence-electron chi connectivity index (χ1n) is 8.09. The monoisotopic (exact) mass is 339 g/mol. The molecule has 2 N–H and O–H groups in total. The Morgan fingerprint density at radius 1 is 1.38 bits per heavy atom. The van der Waals surface area contributed by atoms with Crippen LogP contribution in [-0.2, 0) is 16.1 Å². The van der Waals surface area contributed by atoms with E-state index < -0.39 is 17.7 Å². The highest BCUT2D eigenvalue weighted by molar-refractivity contribution is 5.88.